The number of hydrogen-bond donors (Lipinski definition) is 0. The number of rotatable bonds is 2. The third-order valence-corrected chi connectivity index (χ3v) is 3.00. The standard InChI is InChI=1S/C9H4BrCl2F3O/c10-6-1-4(8(16)3-11)7(12)2-5(6)9(13,14)15/h1-2H,3H2. The monoisotopic (exact) mass is 334 g/mol. The van der Waals surface area contributed by atoms with Crippen LogP contribution < -0.4 is 0 Å². The Balaban J connectivity index is 3.33. The highest BCUT2D eigenvalue weighted by Gasteiger charge is 2.34. The van der Waals surface area contributed by atoms with E-state index in [2.05, 4.69) is 15.9 Å². The predicted molar refractivity (Wildman–Crippen MR) is 59.2 cm³/mol. The molecular weight excluding hydrogens is 332 g/mol. The quantitative estimate of drug-likeness (QED) is 0.572. The first kappa shape index (κ1) is 13.8. The van der Waals surface area contributed by atoms with Crippen LogP contribution in [0.4, 0.5) is 13.2 Å². The largest absolute Gasteiger partial charge is 0.417 e. The van der Waals surface area contributed by atoms with Crippen molar-refractivity contribution < 1.29 is 18.0 Å². The summed E-state index contributed by atoms with van der Waals surface area (Å²) in [6.45, 7) is 0. The predicted octanol–water partition coefficient (Wildman–Crippen LogP) is 4.54. The summed E-state index contributed by atoms with van der Waals surface area (Å²) in [5, 5.41) is -0.263. The second-order valence-corrected chi connectivity index (χ2v) is 4.40. The third kappa shape index (κ3) is 2.90. The molecule has 0 aromatic heterocycles. The first-order valence-electron chi connectivity index (χ1n) is 3.92. The zero-order chi connectivity index (χ0) is 12.5. The Kier molecular flexibility index (Phi) is 4.26. The van der Waals surface area contributed by atoms with Crippen molar-refractivity contribution in [2.75, 3.05) is 5.88 Å². The summed E-state index contributed by atoms with van der Waals surface area (Å²) in [7, 11) is 0. The van der Waals surface area contributed by atoms with Gasteiger partial charge >= 0.3 is 6.18 Å². The molecule has 0 saturated heterocycles. The lowest BCUT2D eigenvalue weighted by atomic mass is 10.1. The lowest BCUT2D eigenvalue weighted by molar-refractivity contribution is -0.138. The molecule has 0 aliphatic heterocycles. The molecule has 0 saturated carbocycles. The van der Waals surface area contributed by atoms with Crippen molar-refractivity contribution >= 4 is 44.9 Å². The smallest absolute Gasteiger partial charge is 0.293 e. The Labute approximate surface area is 108 Å². The number of alkyl halides is 4. The molecule has 0 spiro atoms. The van der Waals surface area contributed by atoms with Crippen LogP contribution in [-0.4, -0.2) is 11.7 Å². The average molecular weight is 336 g/mol. The molecule has 0 fully saturated rings. The molecular formula is C9H4BrCl2F3O. The van der Waals surface area contributed by atoms with Crippen LogP contribution in [0, 0.1) is 0 Å². The van der Waals surface area contributed by atoms with Gasteiger partial charge in [0.2, 0.25) is 0 Å². The maximum atomic E-state index is 12.4. The number of halogens is 6. The van der Waals surface area contributed by atoms with Crippen LogP contribution in [0.2, 0.25) is 5.02 Å². The van der Waals surface area contributed by atoms with Crippen molar-refractivity contribution in [3.8, 4) is 0 Å². The van der Waals surface area contributed by atoms with Crippen LogP contribution in [0.15, 0.2) is 16.6 Å². The van der Waals surface area contributed by atoms with Crippen LogP contribution in [0.5, 0.6) is 0 Å². The van der Waals surface area contributed by atoms with Gasteiger partial charge in [0.05, 0.1) is 16.5 Å². The number of carbonyl (C=O) groups excluding carboxylic acids is 1. The molecule has 16 heavy (non-hydrogen) atoms. The Bertz CT molecular complexity index is 431. The minimum Gasteiger partial charge on any atom is -0.293 e. The van der Waals surface area contributed by atoms with Gasteiger partial charge in [-0.05, 0) is 12.1 Å². The average Bonchev–Trinajstić information content (AvgIpc) is 2.18. The minimum atomic E-state index is -4.52. The van der Waals surface area contributed by atoms with Gasteiger partial charge in [-0.1, -0.05) is 27.5 Å². The SMILES string of the molecule is O=C(CCl)c1cc(Br)c(C(F)(F)F)cc1Cl. The van der Waals surface area contributed by atoms with Gasteiger partial charge in [0, 0.05) is 10.0 Å². The maximum Gasteiger partial charge on any atom is 0.417 e. The fraction of sp³-hybridized carbons (Fsp3) is 0.222. The van der Waals surface area contributed by atoms with Gasteiger partial charge in [0.15, 0.2) is 5.78 Å². The highest BCUT2D eigenvalue weighted by molar-refractivity contribution is 9.10. The van der Waals surface area contributed by atoms with Crippen LogP contribution in [0.25, 0.3) is 0 Å². The summed E-state index contributed by atoms with van der Waals surface area (Å²) in [5.41, 5.74) is -0.958. The first-order valence-corrected chi connectivity index (χ1v) is 5.63. The van der Waals surface area contributed by atoms with Crippen LogP contribution in [-0.2, 0) is 6.18 Å². The molecule has 0 radical (unpaired) electrons. The van der Waals surface area contributed by atoms with E-state index in [0.717, 1.165) is 6.07 Å². The first-order chi connectivity index (χ1) is 7.27. The number of carbonyl (C=O) groups is 1. The van der Waals surface area contributed by atoms with Crippen molar-refractivity contribution in [1.29, 1.82) is 0 Å². The van der Waals surface area contributed by atoms with E-state index >= 15 is 0 Å². The van der Waals surface area contributed by atoms with Gasteiger partial charge in [-0.2, -0.15) is 13.2 Å². The van der Waals surface area contributed by atoms with E-state index in [1.165, 1.54) is 0 Å². The Morgan fingerprint density at radius 1 is 1.38 bits per heavy atom. The van der Waals surface area contributed by atoms with E-state index in [-0.39, 0.29) is 20.9 Å². The molecule has 1 rings (SSSR count). The number of ketones is 1. The van der Waals surface area contributed by atoms with Crippen molar-refractivity contribution in [2.45, 2.75) is 6.18 Å². The summed E-state index contributed by atoms with van der Waals surface area (Å²) < 4.78 is 37.1. The zero-order valence-corrected chi connectivity index (χ0v) is 10.6. The normalized spacial score (nSPS) is 11.6. The summed E-state index contributed by atoms with van der Waals surface area (Å²) in [6, 6.07) is 1.72. The number of Topliss-reactive ketones (excluding diaryl/α,β-unsaturated/α-hetero) is 1. The van der Waals surface area contributed by atoms with Crippen LogP contribution in [0.3, 0.4) is 0 Å². The molecule has 1 nitrogen and oxygen atoms in total. The van der Waals surface area contributed by atoms with Gasteiger partial charge in [-0.15, -0.1) is 11.6 Å². The molecule has 1 aromatic carbocycles. The second-order valence-electron chi connectivity index (χ2n) is 2.87. The van der Waals surface area contributed by atoms with E-state index in [0.29, 0.717) is 6.07 Å². The van der Waals surface area contributed by atoms with Crippen molar-refractivity contribution in [2.24, 2.45) is 0 Å². The summed E-state index contributed by atoms with van der Waals surface area (Å²) >= 11 is 13.6. The highest BCUT2D eigenvalue weighted by atomic mass is 79.9. The fourth-order valence-corrected chi connectivity index (χ4v) is 2.03. The lowest BCUT2D eigenvalue weighted by Gasteiger charge is -2.11. The Hall–Kier alpha value is -0.260. The molecule has 0 unspecified atom stereocenters. The van der Waals surface area contributed by atoms with Gasteiger partial charge in [0.1, 0.15) is 0 Å². The molecule has 0 aliphatic carbocycles. The number of benzene rings is 1. The van der Waals surface area contributed by atoms with Gasteiger partial charge in [-0.25, -0.2) is 0 Å². The summed E-state index contributed by atoms with van der Waals surface area (Å²) in [6.07, 6.45) is -4.52. The molecule has 0 N–H and O–H groups in total. The van der Waals surface area contributed by atoms with Gasteiger partial charge in [0.25, 0.3) is 0 Å². The molecule has 1 aromatic rings. The molecule has 7 heteroatoms. The number of hydrogen-bond acceptors (Lipinski definition) is 1. The van der Waals surface area contributed by atoms with Gasteiger partial charge in [-0.3, -0.25) is 4.79 Å². The lowest BCUT2D eigenvalue weighted by Crippen LogP contribution is -2.09. The zero-order valence-electron chi connectivity index (χ0n) is 7.54. The van der Waals surface area contributed by atoms with Crippen molar-refractivity contribution in [3.63, 3.8) is 0 Å². The van der Waals surface area contributed by atoms with E-state index < -0.39 is 17.5 Å². The highest BCUT2D eigenvalue weighted by Crippen LogP contribution is 2.37. The third-order valence-electron chi connectivity index (χ3n) is 1.78. The molecule has 0 amide bonds. The maximum absolute atomic E-state index is 12.4. The van der Waals surface area contributed by atoms with Crippen molar-refractivity contribution in [1.82, 2.24) is 0 Å². The van der Waals surface area contributed by atoms with E-state index in [1.54, 1.807) is 0 Å². The van der Waals surface area contributed by atoms with E-state index in [1.807, 2.05) is 0 Å². The van der Waals surface area contributed by atoms with Crippen molar-refractivity contribution in [3.05, 3.63) is 32.8 Å². The molecule has 0 atom stereocenters. The fourth-order valence-electron chi connectivity index (χ4n) is 1.05. The summed E-state index contributed by atoms with van der Waals surface area (Å²) in [5.74, 6) is -0.863. The minimum absolute atomic E-state index is 0.0310. The van der Waals surface area contributed by atoms with E-state index in [9.17, 15) is 18.0 Å². The Morgan fingerprint density at radius 2 is 1.94 bits per heavy atom. The molecule has 0 bridgehead atoms. The molecule has 0 heterocycles. The van der Waals surface area contributed by atoms with Crippen LogP contribution >= 0.6 is 39.1 Å². The second kappa shape index (κ2) is 4.94. The van der Waals surface area contributed by atoms with Crippen LogP contribution in [0.1, 0.15) is 15.9 Å². The Morgan fingerprint density at radius 3 is 2.38 bits per heavy atom. The molecule has 0 aliphatic rings. The van der Waals surface area contributed by atoms with Gasteiger partial charge < -0.3 is 0 Å². The topological polar surface area (TPSA) is 17.1 Å². The summed E-state index contributed by atoms with van der Waals surface area (Å²) in [4.78, 5) is 11.2. The molecule has 88 valence electrons. The van der Waals surface area contributed by atoms with E-state index in [4.69, 9.17) is 23.2 Å².